The van der Waals surface area contributed by atoms with Crippen molar-refractivity contribution in [3.05, 3.63) is 129 Å². The van der Waals surface area contributed by atoms with E-state index in [-0.39, 0.29) is 50.1 Å². The Morgan fingerprint density at radius 1 is 0.710 bits per heavy atom. The number of phenolic OH excluding ortho intramolecular Hbond substituents is 2. The molecule has 0 aliphatic carbocycles. The van der Waals surface area contributed by atoms with E-state index in [1.54, 1.807) is 45.0 Å². The summed E-state index contributed by atoms with van der Waals surface area (Å²) in [6.07, 6.45) is 1.10. The fraction of sp³-hybridized carbons (Fsp3) is 0.396. The minimum atomic E-state index is -1.03. The van der Waals surface area contributed by atoms with Gasteiger partial charge in [0, 0.05) is 18.9 Å². The van der Waals surface area contributed by atoms with Crippen LogP contribution in [0.1, 0.15) is 84.5 Å². The van der Waals surface area contributed by atoms with Gasteiger partial charge in [0.2, 0.25) is 5.91 Å². The highest BCUT2D eigenvalue weighted by Crippen LogP contribution is 2.24. The molecular weight excluding hydrogens is 791 g/mol. The summed E-state index contributed by atoms with van der Waals surface area (Å²) in [6.45, 7) is 13.2. The Morgan fingerprint density at radius 2 is 1.16 bits per heavy atom. The van der Waals surface area contributed by atoms with Gasteiger partial charge in [-0.1, -0.05) is 60.7 Å². The second kappa shape index (κ2) is 24.1. The molecule has 0 radical (unpaired) electrons. The Bertz CT molecular complexity index is 2090. The molecule has 4 aromatic rings. The van der Waals surface area contributed by atoms with Crippen LogP contribution in [0.15, 0.2) is 89.9 Å². The summed E-state index contributed by atoms with van der Waals surface area (Å²) in [4.78, 5) is 55.4. The van der Waals surface area contributed by atoms with Crippen LogP contribution in [0.2, 0.25) is 0 Å². The second-order valence-corrected chi connectivity index (χ2v) is 16.3. The van der Waals surface area contributed by atoms with Gasteiger partial charge in [-0.3, -0.25) is 19.4 Å². The third kappa shape index (κ3) is 17.7. The molecule has 0 aliphatic heterocycles. The molecule has 3 unspecified atom stereocenters. The summed E-state index contributed by atoms with van der Waals surface area (Å²) in [5, 5.41) is 22.3. The quantitative estimate of drug-likeness (QED) is 0.0229. The number of aliphatic imine (C=N–C) groups is 1. The van der Waals surface area contributed by atoms with E-state index in [0.29, 0.717) is 19.3 Å². The molecule has 14 heteroatoms. The molecule has 334 valence electrons. The number of hydrogen-bond acceptors (Lipinski definition) is 11. The largest absolute Gasteiger partial charge is 0.508 e. The van der Waals surface area contributed by atoms with Crippen LogP contribution in [0, 0.1) is 33.6 Å². The Kier molecular flexibility index (Phi) is 19.4. The molecule has 0 fully saturated rings. The fourth-order valence-electron chi connectivity index (χ4n) is 6.70. The number of phenols is 2. The first-order valence-electron chi connectivity index (χ1n) is 20.5. The number of nitrogens with two attached hydrogens (primary N) is 3. The van der Waals surface area contributed by atoms with E-state index in [2.05, 4.69) is 10.3 Å². The highest BCUT2D eigenvalue weighted by Gasteiger charge is 2.31. The minimum absolute atomic E-state index is 0.0411. The highest BCUT2D eigenvalue weighted by atomic mass is 16.6. The maximum Gasteiger partial charge on any atom is 0.329 e. The number of ether oxygens (including phenoxy) is 3. The number of aromatic hydroxyl groups is 2. The number of carbonyl (C=O) groups is 4. The van der Waals surface area contributed by atoms with E-state index >= 15 is 0 Å². The molecule has 0 saturated heterocycles. The van der Waals surface area contributed by atoms with Gasteiger partial charge in [-0.15, -0.1) is 0 Å². The van der Waals surface area contributed by atoms with Crippen molar-refractivity contribution in [1.29, 1.82) is 0 Å². The van der Waals surface area contributed by atoms with Gasteiger partial charge in [-0.05, 0) is 137 Å². The van der Waals surface area contributed by atoms with Crippen molar-refractivity contribution < 1.29 is 43.6 Å². The van der Waals surface area contributed by atoms with E-state index in [1.165, 1.54) is 0 Å². The lowest BCUT2D eigenvalue weighted by molar-refractivity contribution is -0.157. The van der Waals surface area contributed by atoms with Crippen molar-refractivity contribution in [1.82, 2.24) is 5.32 Å². The van der Waals surface area contributed by atoms with Gasteiger partial charge in [0.25, 0.3) is 0 Å². The summed E-state index contributed by atoms with van der Waals surface area (Å²) in [5.41, 5.74) is 22.9. The van der Waals surface area contributed by atoms with Gasteiger partial charge in [-0.25, -0.2) is 4.79 Å². The van der Waals surface area contributed by atoms with Gasteiger partial charge < -0.3 is 46.9 Å². The SMILES string of the molecule is Cc1cc(O)cc(C)c1CC(N)C(=O)OCc1ccccc1.Cc1cc(O)cc(C)c1CC(NC(=O)C(CCCN=C(N)N)CC(=O)OC(C)(C)C)C(=O)OCc1ccccc1. The number of aryl methyl sites for hydroxylation is 4. The minimum Gasteiger partial charge on any atom is -0.508 e. The second-order valence-electron chi connectivity index (χ2n) is 16.3. The Balaban J connectivity index is 0.000000390. The highest BCUT2D eigenvalue weighted by molar-refractivity contribution is 5.88. The van der Waals surface area contributed by atoms with Crippen molar-refractivity contribution in [2.45, 2.75) is 111 Å². The third-order valence-electron chi connectivity index (χ3n) is 9.75. The molecular formula is C48H63N5O9. The van der Waals surface area contributed by atoms with Crippen molar-refractivity contribution in [2.24, 2.45) is 28.1 Å². The summed E-state index contributed by atoms with van der Waals surface area (Å²) in [7, 11) is 0. The number of esters is 3. The van der Waals surface area contributed by atoms with E-state index < -0.39 is 47.4 Å². The normalized spacial score (nSPS) is 12.4. The van der Waals surface area contributed by atoms with Gasteiger partial charge in [0.15, 0.2) is 5.96 Å². The van der Waals surface area contributed by atoms with E-state index in [1.807, 2.05) is 88.4 Å². The summed E-state index contributed by atoms with van der Waals surface area (Å²) in [5.74, 6) is -2.54. The number of amides is 1. The van der Waals surface area contributed by atoms with Crippen LogP contribution in [-0.4, -0.2) is 64.2 Å². The molecule has 0 heterocycles. The maximum absolute atomic E-state index is 13.5. The Labute approximate surface area is 364 Å². The molecule has 0 spiro atoms. The van der Waals surface area contributed by atoms with Crippen LogP contribution < -0.4 is 22.5 Å². The molecule has 0 saturated carbocycles. The van der Waals surface area contributed by atoms with Crippen LogP contribution >= 0.6 is 0 Å². The van der Waals surface area contributed by atoms with Crippen molar-refractivity contribution in [3.63, 3.8) is 0 Å². The number of guanidine groups is 1. The molecule has 9 N–H and O–H groups in total. The molecule has 1 amide bonds. The van der Waals surface area contributed by atoms with Crippen molar-refractivity contribution >= 4 is 29.8 Å². The average Bonchev–Trinajstić information content (AvgIpc) is 3.19. The van der Waals surface area contributed by atoms with Crippen LogP contribution in [0.5, 0.6) is 11.5 Å². The van der Waals surface area contributed by atoms with Gasteiger partial charge in [0.05, 0.1) is 6.42 Å². The zero-order chi connectivity index (χ0) is 46.0. The predicted octanol–water partition coefficient (Wildman–Crippen LogP) is 5.80. The van der Waals surface area contributed by atoms with Crippen LogP contribution in [0.4, 0.5) is 0 Å². The van der Waals surface area contributed by atoms with Gasteiger partial charge in [0.1, 0.15) is 42.4 Å². The molecule has 4 rings (SSSR count). The van der Waals surface area contributed by atoms with E-state index in [9.17, 15) is 29.4 Å². The third-order valence-corrected chi connectivity index (χ3v) is 9.75. The van der Waals surface area contributed by atoms with Gasteiger partial charge in [-0.2, -0.15) is 0 Å². The van der Waals surface area contributed by atoms with Crippen molar-refractivity contribution in [2.75, 3.05) is 6.54 Å². The first-order chi connectivity index (χ1) is 29.2. The summed E-state index contributed by atoms with van der Waals surface area (Å²) in [6, 6.07) is 23.5. The number of nitrogens with one attached hydrogen (secondary N) is 1. The zero-order valence-electron chi connectivity index (χ0n) is 36.9. The number of rotatable bonds is 18. The summed E-state index contributed by atoms with van der Waals surface area (Å²) >= 11 is 0. The lowest BCUT2D eigenvalue weighted by atomic mass is 9.94. The number of nitrogens with zero attached hydrogens (tertiary/aromatic N) is 1. The molecule has 0 aliphatic rings. The Hall–Kier alpha value is -6.41. The lowest BCUT2D eigenvalue weighted by Gasteiger charge is -2.24. The lowest BCUT2D eigenvalue weighted by Crippen LogP contribution is -2.46. The maximum atomic E-state index is 13.5. The number of benzene rings is 4. The Morgan fingerprint density at radius 3 is 1.61 bits per heavy atom. The molecule has 14 nitrogen and oxygen atoms in total. The molecule has 3 atom stereocenters. The molecule has 0 aromatic heterocycles. The molecule has 0 bridgehead atoms. The summed E-state index contributed by atoms with van der Waals surface area (Å²) < 4.78 is 16.3. The van der Waals surface area contributed by atoms with Gasteiger partial charge >= 0.3 is 17.9 Å². The topological polar surface area (TPSA) is 239 Å². The van der Waals surface area contributed by atoms with Crippen LogP contribution in [0.25, 0.3) is 0 Å². The first-order valence-corrected chi connectivity index (χ1v) is 20.5. The van der Waals surface area contributed by atoms with Crippen LogP contribution in [-0.2, 0) is 59.4 Å². The smallest absolute Gasteiger partial charge is 0.329 e. The number of hydrogen-bond donors (Lipinski definition) is 6. The van der Waals surface area contributed by atoms with E-state index in [0.717, 1.165) is 44.5 Å². The molecule has 62 heavy (non-hydrogen) atoms. The monoisotopic (exact) mass is 853 g/mol. The zero-order valence-corrected chi connectivity index (χ0v) is 36.9. The van der Waals surface area contributed by atoms with Crippen LogP contribution in [0.3, 0.4) is 0 Å². The van der Waals surface area contributed by atoms with E-state index in [4.69, 9.17) is 31.4 Å². The molecule has 4 aromatic carbocycles. The first kappa shape index (κ1) is 49.9. The standard InChI is InChI=1S/C30H42N4O6.C18H21NO3/c1-19-14-23(35)15-20(2)24(19)17-25(28(38)39-18-21-10-7-6-8-11-21)34-27(37)22(12-9-13-33-29(31)32)16-26(36)40-30(3,4)5;1-12-8-15(20)9-13(2)16(12)10-17(19)18(21)22-11-14-6-4-3-5-7-14/h6-8,10-11,14-15,22,25,35H,9,12-13,16-18H2,1-5H3,(H,34,37)(H4,31,32,33);3-9,17,20H,10-11,19H2,1-2H3. The fourth-order valence-corrected chi connectivity index (χ4v) is 6.70. The number of carbonyl (C=O) groups excluding carboxylic acids is 4. The average molecular weight is 854 g/mol. The van der Waals surface area contributed by atoms with Crippen molar-refractivity contribution in [3.8, 4) is 11.5 Å². The predicted molar refractivity (Wildman–Crippen MR) is 239 cm³/mol.